The topological polar surface area (TPSA) is 26.3 Å². The van der Waals surface area contributed by atoms with Crippen LogP contribution < -0.4 is 0 Å². The molecule has 23 heavy (non-hydrogen) atoms. The number of hydrogen-bond acceptors (Lipinski definition) is 2. The van der Waals surface area contributed by atoms with E-state index < -0.39 is 0 Å². The van der Waals surface area contributed by atoms with Gasteiger partial charge >= 0.3 is 0 Å². The molecule has 0 fully saturated rings. The summed E-state index contributed by atoms with van der Waals surface area (Å²) in [6.07, 6.45) is 1.40. The van der Waals surface area contributed by atoms with E-state index >= 15 is 0 Å². The number of benzene rings is 2. The minimum absolute atomic E-state index is 0.111. The fourth-order valence-corrected chi connectivity index (χ4v) is 2.65. The molecule has 2 aromatic carbocycles. The van der Waals surface area contributed by atoms with Crippen LogP contribution in [-0.4, -0.2) is 12.9 Å². The molecule has 0 heterocycles. The monoisotopic (exact) mass is 310 g/mol. The molecule has 0 spiro atoms. The van der Waals surface area contributed by atoms with Crippen molar-refractivity contribution in [3.8, 4) is 11.1 Å². The van der Waals surface area contributed by atoms with Gasteiger partial charge in [0, 0.05) is 19.4 Å². The molecule has 0 saturated carbocycles. The van der Waals surface area contributed by atoms with Gasteiger partial charge in [-0.15, -0.1) is 0 Å². The third kappa shape index (κ3) is 4.77. The Morgan fingerprint density at radius 3 is 2.39 bits per heavy atom. The number of ketones is 1. The molecule has 0 radical (unpaired) electrons. The Morgan fingerprint density at radius 2 is 1.78 bits per heavy atom. The maximum atomic E-state index is 11.8. The second kappa shape index (κ2) is 8.07. The fraction of sp³-hybridized carbons (Fsp3) is 0.381. The van der Waals surface area contributed by atoms with Gasteiger partial charge in [0.05, 0.1) is 6.61 Å². The Balaban J connectivity index is 2.24. The second-order valence-electron chi connectivity index (χ2n) is 6.41. The van der Waals surface area contributed by atoms with E-state index in [4.69, 9.17) is 4.74 Å². The SMILES string of the molecule is COCc1cc(CCC(=O)C(C)C)ccc1-c1ccc(C)cc1. The summed E-state index contributed by atoms with van der Waals surface area (Å²) >= 11 is 0. The van der Waals surface area contributed by atoms with E-state index in [1.54, 1.807) is 7.11 Å². The summed E-state index contributed by atoms with van der Waals surface area (Å²) in [5.74, 6) is 0.432. The molecule has 2 heteroatoms. The smallest absolute Gasteiger partial charge is 0.135 e. The summed E-state index contributed by atoms with van der Waals surface area (Å²) in [6, 6.07) is 15.0. The maximum Gasteiger partial charge on any atom is 0.135 e. The molecule has 0 aromatic heterocycles. The number of carbonyl (C=O) groups is 1. The van der Waals surface area contributed by atoms with Gasteiger partial charge in [-0.05, 0) is 35.6 Å². The zero-order valence-electron chi connectivity index (χ0n) is 14.6. The van der Waals surface area contributed by atoms with Crippen LogP contribution in [-0.2, 0) is 22.6 Å². The zero-order chi connectivity index (χ0) is 16.8. The summed E-state index contributed by atoms with van der Waals surface area (Å²) in [5, 5.41) is 0. The van der Waals surface area contributed by atoms with E-state index in [0.29, 0.717) is 18.8 Å². The minimum Gasteiger partial charge on any atom is -0.380 e. The van der Waals surface area contributed by atoms with Crippen LogP contribution in [0.15, 0.2) is 42.5 Å². The largest absolute Gasteiger partial charge is 0.380 e. The lowest BCUT2D eigenvalue weighted by molar-refractivity contribution is -0.121. The van der Waals surface area contributed by atoms with E-state index in [1.165, 1.54) is 27.8 Å². The molecule has 122 valence electrons. The Bertz CT molecular complexity index is 654. The molecular weight excluding hydrogens is 284 g/mol. The highest BCUT2D eigenvalue weighted by molar-refractivity contribution is 5.80. The van der Waals surface area contributed by atoms with E-state index in [-0.39, 0.29) is 5.92 Å². The maximum absolute atomic E-state index is 11.8. The first-order valence-corrected chi connectivity index (χ1v) is 8.21. The van der Waals surface area contributed by atoms with Crippen LogP contribution in [0.2, 0.25) is 0 Å². The van der Waals surface area contributed by atoms with Crippen molar-refractivity contribution in [3.05, 3.63) is 59.2 Å². The molecule has 2 nitrogen and oxygen atoms in total. The first-order valence-electron chi connectivity index (χ1n) is 8.21. The molecule has 0 unspecified atom stereocenters. The van der Waals surface area contributed by atoms with Crippen LogP contribution in [0.4, 0.5) is 0 Å². The molecule has 0 saturated heterocycles. The first kappa shape index (κ1) is 17.4. The molecule has 2 rings (SSSR count). The van der Waals surface area contributed by atoms with Crippen molar-refractivity contribution in [1.29, 1.82) is 0 Å². The lowest BCUT2D eigenvalue weighted by atomic mass is 9.94. The van der Waals surface area contributed by atoms with Gasteiger partial charge in [0.2, 0.25) is 0 Å². The zero-order valence-corrected chi connectivity index (χ0v) is 14.6. The third-order valence-electron chi connectivity index (χ3n) is 4.14. The number of rotatable bonds is 7. The van der Waals surface area contributed by atoms with Crippen molar-refractivity contribution in [2.24, 2.45) is 5.92 Å². The number of aryl methyl sites for hydroxylation is 2. The highest BCUT2D eigenvalue weighted by atomic mass is 16.5. The summed E-state index contributed by atoms with van der Waals surface area (Å²) < 4.78 is 5.37. The van der Waals surface area contributed by atoms with Crippen LogP contribution in [0.3, 0.4) is 0 Å². The number of hydrogen-bond donors (Lipinski definition) is 0. The van der Waals surface area contributed by atoms with Gasteiger partial charge in [0.1, 0.15) is 5.78 Å². The Kier molecular flexibility index (Phi) is 6.12. The molecule has 0 amide bonds. The van der Waals surface area contributed by atoms with Crippen molar-refractivity contribution in [1.82, 2.24) is 0 Å². The quantitative estimate of drug-likeness (QED) is 0.722. The number of methoxy groups -OCH3 is 1. The van der Waals surface area contributed by atoms with Gasteiger partial charge in [-0.25, -0.2) is 0 Å². The Morgan fingerprint density at radius 1 is 1.09 bits per heavy atom. The van der Waals surface area contributed by atoms with Crippen LogP contribution >= 0.6 is 0 Å². The lowest BCUT2D eigenvalue weighted by Gasteiger charge is -2.12. The average Bonchev–Trinajstić information content (AvgIpc) is 2.54. The average molecular weight is 310 g/mol. The van der Waals surface area contributed by atoms with Gasteiger partial charge in [-0.2, -0.15) is 0 Å². The van der Waals surface area contributed by atoms with Crippen LogP contribution in [0, 0.1) is 12.8 Å². The van der Waals surface area contributed by atoms with Gasteiger partial charge in [0.25, 0.3) is 0 Å². The van der Waals surface area contributed by atoms with E-state index in [9.17, 15) is 4.79 Å². The third-order valence-corrected chi connectivity index (χ3v) is 4.14. The van der Waals surface area contributed by atoms with Crippen molar-refractivity contribution < 1.29 is 9.53 Å². The van der Waals surface area contributed by atoms with E-state index in [2.05, 4.69) is 49.4 Å². The van der Waals surface area contributed by atoms with Gasteiger partial charge < -0.3 is 4.74 Å². The van der Waals surface area contributed by atoms with Crippen LogP contribution in [0.25, 0.3) is 11.1 Å². The molecule has 0 bridgehead atoms. The number of carbonyl (C=O) groups excluding carboxylic acids is 1. The summed E-state index contributed by atoms with van der Waals surface area (Å²) in [7, 11) is 1.72. The van der Waals surface area contributed by atoms with Gasteiger partial charge in [-0.1, -0.05) is 61.9 Å². The molecule has 0 N–H and O–H groups in total. The van der Waals surface area contributed by atoms with E-state index in [0.717, 1.165) is 6.42 Å². The van der Waals surface area contributed by atoms with Gasteiger partial charge in [-0.3, -0.25) is 4.79 Å². The molecule has 0 aliphatic rings. The van der Waals surface area contributed by atoms with E-state index in [1.807, 2.05) is 13.8 Å². The Labute approximate surface area is 139 Å². The van der Waals surface area contributed by atoms with Crippen LogP contribution in [0.5, 0.6) is 0 Å². The summed E-state index contributed by atoms with van der Waals surface area (Å²) in [5.41, 5.74) is 6.02. The van der Waals surface area contributed by atoms with Crippen molar-refractivity contribution in [3.63, 3.8) is 0 Å². The first-order chi connectivity index (χ1) is 11.0. The lowest BCUT2D eigenvalue weighted by Crippen LogP contribution is -2.08. The Hall–Kier alpha value is -1.93. The highest BCUT2D eigenvalue weighted by Gasteiger charge is 2.10. The molecule has 0 aliphatic carbocycles. The summed E-state index contributed by atoms with van der Waals surface area (Å²) in [4.78, 5) is 11.8. The van der Waals surface area contributed by atoms with Crippen molar-refractivity contribution >= 4 is 5.78 Å². The number of ether oxygens (including phenoxy) is 1. The number of Topliss-reactive ketones (excluding diaryl/α,β-unsaturated/α-hetero) is 1. The van der Waals surface area contributed by atoms with Crippen molar-refractivity contribution in [2.75, 3.05) is 7.11 Å². The van der Waals surface area contributed by atoms with Crippen molar-refractivity contribution in [2.45, 2.75) is 40.2 Å². The van der Waals surface area contributed by atoms with Gasteiger partial charge in [0.15, 0.2) is 0 Å². The molecule has 0 aliphatic heterocycles. The minimum atomic E-state index is 0.111. The summed E-state index contributed by atoms with van der Waals surface area (Å²) in [6.45, 7) is 6.59. The standard InChI is InChI=1S/C21H26O2/c1-15(2)21(22)12-8-17-7-11-20(19(13-17)14-23-4)18-9-5-16(3)6-10-18/h5-7,9-11,13,15H,8,12,14H2,1-4H3. The highest BCUT2D eigenvalue weighted by Crippen LogP contribution is 2.26. The molecule has 0 atom stereocenters. The second-order valence-corrected chi connectivity index (χ2v) is 6.41. The molecule has 2 aromatic rings. The van der Waals surface area contributed by atoms with Crippen LogP contribution in [0.1, 0.15) is 37.0 Å². The molecular formula is C21H26O2. The fourth-order valence-electron chi connectivity index (χ4n) is 2.65. The predicted octanol–water partition coefficient (Wildman–Crippen LogP) is 4.97. The predicted molar refractivity (Wildman–Crippen MR) is 95.5 cm³/mol. The normalized spacial score (nSPS) is 11.0.